The molecule has 1 aliphatic rings. The van der Waals surface area contributed by atoms with Gasteiger partial charge in [0.1, 0.15) is 22.3 Å². The fourth-order valence-electron chi connectivity index (χ4n) is 3.36. The van der Waals surface area contributed by atoms with Crippen LogP contribution in [-0.4, -0.2) is 26.2 Å². The molecule has 0 spiro atoms. The highest BCUT2D eigenvalue weighted by Crippen LogP contribution is 2.50. The van der Waals surface area contributed by atoms with Crippen LogP contribution in [0.2, 0.25) is 0 Å². The van der Waals surface area contributed by atoms with Crippen molar-refractivity contribution in [3.63, 3.8) is 0 Å². The SMILES string of the molecule is COc1ccc(C2(C)C(=O)OC(=O)C2(C)c2ccc(OC)cc2)cc1. The number of rotatable bonds is 4. The first-order valence-corrected chi connectivity index (χ1v) is 7.93. The van der Waals surface area contributed by atoms with E-state index in [0.29, 0.717) is 22.6 Å². The van der Waals surface area contributed by atoms with Gasteiger partial charge in [-0.05, 0) is 49.2 Å². The number of methoxy groups -OCH3 is 2. The molecule has 0 N–H and O–H groups in total. The minimum absolute atomic E-state index is 0.555. The number of carbonyl (C=O) groups is 2. The van der Waals surface area contributed by atoms with Crippen molar-refractivity contribution in [1.29, 1.82) is 0 Å². The summed E-state index contributed by atoms with van der Waals surface area (Å²) < 4.78 is 15.4. The summed E-state index contributed by atoms with van der Waals surface area (Å²) in [6.07, 6.45) is 0. The highest BCUT2D eigenvalue weighted by Gasteiger charge is 2.64. The molecule has 1 aliphatic heterocycles. The minimum Gasteiger partial charge on any atom is -0.497 e. The van der Waals surface area contributed by atoms with Crippen LogP contribution in [-0.2, 0) is 25.2 Å². The van der Waals surface area contributed by atoms with Gasteiger partial charge in [-0.2, -0.15) is 0 Å². The van der Waals surface area contributed by atoms with E-state index in [1.54, 1.807) is 76.6 Å². The molecule has 0 amide bonds. The third kappa shape index (κ3) is 2.30. The highest BCUT2D eigenvalue weighted by atomic mass is 16.6. The van der Waals surface area contributed by atoms with Crippen LogP contribution < -0.4 is 9.47 Å². The zero-order chi connectivity index (χ0) is 18.2. The molecule has 0 radical (unpaired) electrons. The van der Waals surface area contributed by atoms with Crippen molar-refractivity contribution in [3.05, 3.63) is 59.7 Å². The lowest BCUT2D eigenvalue weighted by molar-refractivity contribution is -0.154. The second kappa shape index (κ2) is 5.92. The van der Waals surface area contributed by atoms with Crippen molar-refractivity contribution in [1.82, 2.24) is 0 Å². The Morgan fingerprint density at radius 2 is 1.00 bits per heavy atom. The summed E-state index contributed by atoms with van der Waals surface area (Å²) in [5.41, 5.74) is -0.902. The molecular weight excluding hydrogens is 320 g/mol. The normalized spacial score (nSPS) is 25.6. The lowest BCUT2D eigenvalue weighted by Crippen LogP contribution is -2.47. The summed E-state index contributed by atoms with van der Waals surface area (Å²) >= 11 is 0. The molecule has 2 atom stereocenters. The zero-order valence-corrected chi connectivity index (χ0v) is 14.7. The third-order valence-corrected chi connectivity index (χ3v) is 5.34. The summed E-state index contributed by atoms with van der Waals surface area (Å²) in [7, 11) is 3.15. The summed E-state index contributed by atoms with van der Waals surface area (Å²) in [4.78, 5) is 25.3. The Labute approximate surface area is 146 Å². The summed E-state index contributed by atoms with van der Waals surface area (Å²) in [5.74, 6) is 0.245. The topological polar surface area (TPSA) is 61.8 Å². The molecule has 3 rings (SSSR count). The van der Waals surface area contributed by atoms with Gasteiger partial charge in [-0.3, -0.25) is 9.59 Å². The standard InChI is InChI=1S/C20H20O5/c1-19(13-5-9-15(23-3)10-6-13)17(21)25-18(22)20(19,2)14-7-11-16(24-4)12-8-14/h5-12H,1-4H3. The second-order valence-corrected chi connectivity index (χ2v) is 6.38. The van der Waals surface area contributed by atoms with Crippen molar-refractivity contribution in [3.8, 4) is 11.5 Å². The number of carbonyl (C=O) groups excluding carboxylic acids is 2. The van der Waals surface area contributed by atoms with Crippen molar-refractivity contribution >= 4 is 11.9 Å². The first kappa shape index (κ1) is 17.0. The molecule has 5 heteroatoms. The van der Waals surface area contributed by atoms with Gasteiger partial charge in [-0.25, -0.2) is 0 Å². The van der Waals surface area contributed by atoms with Gasteiger partial charge in [0.15, 0.2) is 0 Å². The Bertz CT molecular complexity index is 739. The Morgan fingerprint density at radius 1 is 0.680 bits per heavy atom. The van der Waals surface area contributed by atoms with Crippen LogP contribution in [0, 0.1) is 0 Å². The quantitative estimate of drug-likeness (QED) is 0.632. The van der Waals surface area contributed by atoms with E-state index in [0.717, 1.165) is 0 Å². The van der Waals surface area contributed by atoms with E-state index in [9.17, 15) is 9.59 Å². The van der Waals surface area contributed by atoms with Gasteiger partial charge >= 0.3 is 11.9 Å². The molecule has 1 fully saturated rings. The predicted octanol–water partition coefficient (Wildman–Crippen LogP) is 3.00. The van der Waals surface area contributed by atoms with Crippen molar-refractivity contribution in [2.45, 2.75) is 24.7 Å². The molecule has 1 saturated heterocycles. The van der Waals surface area contributed by atoms with Crippen LogP contribution >= 0.6 is 0 Å². The maximum Gasteiger partial charge on any atom is 0.325 e. The van der Waals surface area contributed by atoms with E-state index in [1.165, 1.54) is 0 Å². The second-order valence-electron chi connectivity index (χ2n) is 6.38. The van der Waals surface area contributed by atoms with Gasteiger partial charge in [-0.1, -0.05) is 24.3 Å². The number of cyclic esters (lactones) is 2. The number of benzene rings is 2. The van der Waals surface area contributed by atoms with Gasteiger partial charge in [-0.15, -0.1) is 0 Å². The van der Waals surface area contributed by atoms with Crippen molar-refractivity contribution in [2.24, 2.45) is 0 Å². The average Bonchev–Trinajstić information content (AvgIpc) is 2.83. The summed E-state index contributed by atoms with van der Waals surface area (Å²) in [5, 5.41) is 0. The van der Waals surface area contributed by atoms with Crippen LogP contribution in [0.1, 0.15) is 25.0 Å². The average molecular weight is 340 g/mol. The number of hydrogen-bond donors (Lipinski definition) is 0. The molecule has 0 saturated carbocycles. The number of esters is 2. The van der Waals surface area contributed by atoms with E-state index in [4.69, 9.17) is 14.2 Å². The Hall–Kier alpha value is -2.82. The smallest absolute Gasteiger partial charge is 0.325 e. The lowest BCUT2D eigenvalue weighted by atomic mass is 9.60. The summed E-state index contributed by atoms with van der Waals surface area (Å²) in [6.45, 7) is 3.48. The first-order chi connectivity index (χ1) is 11.9. The fraction of sp³-hybridized carbons (Fsp3) is 0.300. The largest absolute Gasteiger partial charge is 0.497 e. The Balaban J connectivity index is 2.16. The van der Waals surface area contributed by atoms with Crippen LogP contribution in [0.15, 0.2) is 48.5 Å². The number of ether oxygens (including phenoxy) is 3. The van der Waals surface area contributed by atoms with Crippen LogP contribution in [0.3, 0.4) is 0 Å². The van der Waals surface area contributed by atoms with Crippen LogP contribution in [0.5, 0.6) is 11.5 Å². The lowest BCUT2D eigenvalue weighted by Gasteiger charge is -2.35. The Kier molecular flexibility index (Phi) is 4.03. The maximum absolute atomic E-state index is 12.7. The maximum atomic E-state index is 12.7. The van der Waals surface area contributed by atoms with Crippen molar-refractivity contribution < 1.29 is 23.8 Å². The number of hydrogen-bond acceptors (Lipinski definition) is 5. The van der Waals surface area contributed by atoms with Gasteiger partial charge in [0.2, 0.25) is 0 Å². The first-order valence-electron chi connectivity index (χ1n) is 7.93. The predicted molar refractivity (Wildman–Crippen MR) is 91.8 cm³/mol. The molecule has 0 aromatic heterocycles. The summed E-state index contributed by atoms with van der Waals surface area (Å²) in [6, 6.07) is 14.2. The van der Waals surface area contributed by atoms with Gasteiger partial charge in [0.25, 0.3) is 0 Å². The molecule has 25 heavy (non-hydrogen) atoms. The molecule has 2 aromatic rings. The molecule has 1 heterocycles. The molecule has 130 valence electrons. The minimum atomic E-state index is -1.15. The van der Waals surface area contributed by atoms with E-state index in [-0.39, 0.29) is 0 Å². The van der Waals surface area contributed by atoms with Gasteiger partial charge in [0, 0.05) is 0 Å². The highest BCUT2D eigenvalue weighted by molar-refractivity contribution is 6.08. The van der Waals surface area contributed by atoms with Gasteiger partial charge < -0.3 is 14.2 Å². The molecule has 0 aliphatic carbocycles. The zero-order valence-electron chi connectivity index (χ0n) is 14.7. The monoisotopic (exact) mass is 340 g/mol. The van der Waals surface area contributed by atoms with Crippen molar-refractivity contribution in [2.75, 3.05) is 14.2 Å². The van der Waals surface area contributed by atoms with Gasteiger partial charge in [0.05, 0.1) is 14.2 Å². The van der Waals surface area contributed by atoms with E-state index < -0.39 is 22.8 Å². The molecule has 0 bridgehead atoms. The fourth-order valence-corrected chi connectivity index (χ4v) is 3.36. The van der Waals surface area contributed by atoms with E-state index in [2.05, 4.69) is 0 Å². The molecule has 2 unspecified atom stereocenters. The molecule has 2 aromatic carbocycles. The Morgan fingerprint density at radius 3 is 1.28 bits per heavy atom. The van der Waals surface area contributed by atoms with Crippen LogP contribution in [0.4, 0.5) is 0 Å². The third-order valence-electron chi connectivity index (χ3n) is 5.34. The van der Waals surface area contributed by atoms with E-state index in [1.807, 2.05) is 0 Å². The van der Waals surface area contributed by atoms with Crippen LogP contribution in [0.25, 0.3) is 0 Å². The molecular formula is C20H20O5. The van der Waals surface area contributed by atoms with E-state index >= 15 is 0 Å². The molecule has 5 nitrogen and oxygen atoms in total.